The van der Waals surface area contributed by atoms with Crippen molar-refractivity contribution < 1.29 is 19.4 Å². The van der Waals surface area contributed by atoms with Crippen molar-refractivity contribution in [2.45, 2.75) is 26.2 Å². The van der Waals surface area contributed by atoms with E-state index in [-0.39, 0.29) is 24.4 Å². The Bertz CT molecular complexity index is 687. The van der Waals surface area contributed by atoms with Crippen LogP contribution < -0.4 is 4.74 Å². The van der Waals surface area contributed by atoms with E-state index in [2.05, 4.69) is 13.8 Å². The number of ketones is 1. The molecule has 2 aromatic rings. The van der Waals surface area contributed by atoms with Gasteiger partial charge in [0.2, 0.25) is 0 Å². The van der Waals surface area contributed by atoms with Gasteiger partial charge in [0.05, 0.1) is 5.56 Å². The lowest BCUT2D eigenvalue weighted by Crippen LogP contribution is -2.14. The van der Waals surface area contributed by atoms with Gasteiger partial charge in [0.25, 0.3) is 0 Å². The van der Waals surface area contributed by atoms with Crippen molar-refractivity contribution >= 4 is 11.8 Å². The molecule has 0 bridgehead atoms. The number of Topliss-reactive ketones (excluding diaryl/α,β-unsaturated/α-hetero) is 1. The molecule has 2 rings (SSSR count). The second kappa shape index (κ2) is 7.58. The molecule has 0 spiro atoms. The van der Waals surface area contributed by atoms with Crippen molar-refractivity contribution in [3.05, 3.63) is 65.2 Å². The van der Waals surface area contributed by atoms with E-state index in [4.69, 9.17) is 9.84 Å². The average molecular weight is 312 g/mol. The highest BCUT2D eigenvalue weighted by Crippen LogP contribution is 2.18. The minimum atomic E-state index is -0.999. The van der Waals surface area contributed by atoms with Crippen LogP contribution in [0.5, 0.6) is 5.75 Å². The fourth-order valence-corrected chi connectivity index (χ4v) is 2.21. The first-order valence-corrected chi connectivity index (χ1v) is 7.52. The molecule has 4 nitrogen and oxygen atoms in total. The molecule has 2 aromatic carbocycles. The van der Waals surface area contributed by atoms with E-state index >= 15 is 0 Å². The smallest absolute Gasteiger partial charge is 0.335 e. The molecule has 23 heavy (non-hydrogen) atoms. The highest BCUT2D eigenvalue weighted by Gasteiger charge is 2.08. The highest BCUT2D eigenvalue weighted by atomic mass is 16.5. The molecule has 0 unspecified atom stereocenters. The monoisotopic (exact) mass is 312 g/mol. The zero-order valence-electron chi connectivity index (χ0n) is 13.3. The minimum absolute atomic E-state index is 0.0294. The zero-order chi connectivity index (χ0) is 16.8. The van der Waals surface area contributed by atoms with Crippen LogP contribution in [0.4, 0.5) is 0 Å². The Morgan fingerprint density at radius 1 is 1.09 bits per heavy atom. The van der Waals surface area contributed by atoms with Gasteiger partial charge in [0.1, 0.15) is 12.4 Å². The number of hydrogen-bond donors (Lipinski definition) is 1. The third-order valence-electron chi connectivity index (χ3n) is 3.52. The standard InChI is InChI=1S/C19H20O4/c1-13(2)15-6-8-18(9-7-15)23-12-17(20)11-14-4-3-5-16(10-14)19(21)22/h3-10,13H,11-12H2,1-2H3,(H,21,22). The van der Waals surface area contributed by atoms with Crippen LogP contribution in [0.1, 0.15) is 41.3 Å². The molecule has 0 aromatic heterocycles. The van der Waals surface area contributed by atoms with Crippen molar-refractivity contribution in [2.75, 3.05) is 6.61 Å². The fourth-order valence-electron chi connectivity index (χ4n) is 2.21. The second-order valence-electron chi connectivity index (χ2n) is 5.73. The van der Waals surface area contributed by atoms with Gasteiger partial charge in [-0.1, -0.05) is 38.1 Å². The molecule has 0 heterocycles. The molecule has 1 N–H and O–H groups in total. The summed E-state index contributed by atoms with van der Waals surface area (Å²) in [4.78, 5) is 22.9. The minimum Gasteiger partial charge on any atom is -0.486 e. The van der Waals surface area contributed by atoms with E-state index in [0.717, 1.165) is 0 Å². The number of rotatable bonds is 7. The van der Waals surface area contributed by atoms with E-state index in [0.29, 0.717) is 17.2 Å². The summed E-state index contributed by atoms with van der Waals surface area (Å²) in [5, 5.41) is 8.95. The molecule has 0 saturated carbocycles. The van der Waals surface area contributed by atoms with Crippen LogP contribution in [0.2, 0.25) is 0 Å². The van der Waals surface area contributed by atoms with Crippen molar-refractivity contribution in [1.29, 1.82) is 0 Å². The Balaban J connectivity index is 1.90. The summed E-state index contributed by atoms with van der Waals surface area (Å²) in [5.74, 6) is 0.00972. The fraction of sp³-hybridized carbons (Fsp3) is 0.263. The third-order valence-corrected chi connectivity index (χ3v) is 3.52. The van der Waals surface area contributed by atoms with Crippen molar-refractivity contribution in [2.24, 2.45) is 0 Å². The molecule has 0 atom stereocenters. The molecule has 0 amide bonds. The average Bonchev–Trinajstić information content (AvgIpc) is 2.53. The number of carbonyl (C=O) groups excluding carboxylic acids is 1. The summed E-state index contributed by atoms with van der Waals surface area (Å²) in [6.45, 7) is 4.20. The Hall–Kier alpha value is -2.62. The van der Waals surface area contributed by atoms with E-state index < -0.39 is 5.97 Å². The van der Waals surface area contributed by atoms with Gasteiger partial charge in [-0.3, -0.25) is 4.79 Å². The number of carboxylic acid groups (broad SMARTS) is 1. The van der Waals surface area contributed by atoms with Crippen LogP contribution in [-0.2, 0) is 11.2 Å². The maximum atomic E-state index is 12.0. The molecule has 0 aliphatic rings. The maximum absolute atomic E-state index is 12.0. The lowest BCUT2D eigenvalue weighted by Gasteiger charge is -2.08. The Morgan fingerprint density at radius 3 is 2.39 bits per heavy atom. The van der Waals surface area contributed by atoms with E-state index in [1.54, 1.807) is 12.1 Å². The van der Waals surface area contributed by atoms with E-state index in [9.17, 15) is 9.59 Å². The Labute approximate surface area is 135 Å². The summed E-state index contributed by atoms with van der Waals surface area (Å²) in [5.41, 5.74) is 2.07. The van der Waals surface area contributed by atoms with Crippen LogP contribution >= 0.6 is 0 Å². The third kappa shape index (κ3) is 4.95. The maximum Gasteiger partial charge on any atom is 0.335 e. The highest BCUT2D eigenvalue weighted by molar-refractivity contribution is 5.88. The molecule has 0 aliphatic heterocycles. The van der Waals surface area contributed by atoms with Crippen LogP contribution in [0.15, 0.2) is 48.5 Å². The number of ether oxygens (including phenoxy) is 1. The van der Waals surface area contributed by atoms with Gasteiger partial charge >= 0.3 is 5.97 Å². The largest absolute Gasteiger partial charge is 0.486 e. The molecule has 0 aliphatic carbocycles. The molecule has 4 heteroatoms. The topological polar surface area (TPSA) is 63.6 Å². The van der Waals surface area contributed by atoms with Gasteiger partial charge in [-0.2, -0.15) is 0 Å². The summed E-state index contributed by atoms with van der Waals surface area (Å²) < 4.78 is 5.49. The quantitative estimate of drug-likeness (QED) is 0.846. The summed E-state index contributed by atoms with van der Waals surface area (Å²) >= 11 is 0. The Morgan fingerprint density at radius 2 is 1.78 bits per heavy atom. The Kier molecular flexibility index (Phi) is 5.52. The number of aromatic carboxylic acids is 1. The normalized spacial score (nSPS) is 10.6. The lowest BCUT2D eigenvalue weighted by atomic mass is 10.0. The number of hydrogen-bond acceptors (Lipinski definition) is 3. The predicted octanol–water partition coefficient (Wildman–Crippen LogP) is 3.70. The van der Waals surface area contributed by atoms with Gasteiger partial charge in [-0.15, -0.1) is 0 Å². The van der Waals surface area contributed by atoms with Gasteiger partial charge in [0.15, 0.2) is 5.78 Å². The molecule has 0 radical (unpaired) electrons. The van der Waals surface area contributed by atoms with Crippen LogP contribution in [0, 0.1) is 0 Å². The molecule has 120 valence electrons. The van der Waals surface area contributed by atoms with Crippen molar-refractivity contribution in [3.8, 4) is 5.75 Å². The zero-order valence-corrected chi connectivity index (χ0v) is 13.3. The van der Waals surface area contributed by atoms with Crippen LogP contribution in [-0.4, -0.2) is 23.5 Å². The first kappa shape index (κ1) is 16.7. The first-order valence-electron chi connectivity index (χ1n) is 7.52. The lowest BCUT2D eigenvalue weighted by molar-refractivity contribution is -0.120. The van der Waals surface area contributed by atoms with Gasteiger partial charge in [0, 0.05) is 6.42 Å². The molecular weight excluding hydrogens is 292 g/mol. The number of benzene rings is 2. The van der Waals surface area contributed by atoms with Crippen LogP contribution in [0.3, 0.4) is 0 Å². The SMILES string of the molecule is CC(C)c1ccc(OCC(=O)Cc2cccc(C(=O)O)c2)cc1. The summed E-state index contributed by atoms with van der Waals surface area (Å²) in [6, 6.07) is 14.1. The predicted molar refractivity (Wildman–Crippen MR) is 88.1 cm³/mol. The number of carbonyl (C=O) groups is 2. The summed E-state index contributed by atoms with van der Waals surface area (Å²) in [7, 11) is 0. The first-order chi connectivity index (χ1) is 11.0. The van der Waals surface area contributed by atoms with Crippen LogP contribution in [0.25, 0.3) is 0 Å². The molecule has 0 saturated heterocycles. The second-order valence-corrected chi connectivity index (χ2v) is 5.73. The number of carboxylic acids is 1. The van der Waals surface area contributed by atoms with Crippen molar-refractivity contribution in [1.82, 2.24) is 0 Å². The summed E-state index contributed by atoms with van der Waals surface area (Å²) in [6.07, 6.45) is 0.158. The van der Waals surface area contributed by atoms with Crippen molar-refractivity contribution in [3.63, 3.8) is 0 Å². The molecular formula is C19H20O4. The van der Waals surface area contributed by atoms with E-state index in [1.807, 2.05) is 24.3 Å². The van der Waals surface area contributed by atoms with Gasteiger partial charge < -0.3 is 9.84 Å². The van der Waals surface area contributed by atoms with Gasteiger partial charge in [-0.05, 0) is 41.3 Å². The van der Waals surface area contributed by atoms with Gasteiger partial charge in [-0.25, -0.2) is 4.79 Å². The molecule has 0 fully saturated rings. The van der Waals surface area contributed by atoms with E-state index in [1.165, 1.54) is 17.7 Å².